The van der Waals surface area contributed by atoms with Gasteiger partial charge in [0.15, 0.2) is 11.5 Å². The number of hydrogen-bond acceptors (Lipinski definition) is 4. The molecule has 0 saturated heterocycles. The Bertz CT molecular complexity index is 602. The molecule has 5 heteroatoms. The topological polar surface area (TPSA) is 93.5 Å². The lowest BCUT2D eigenvalue weighted by atomic mass is 10.1. The van der Waals surface area contributed by atoms with Gasteiger partial charge < -0.3 is 15.3 Å². The van der Waals surface area contributed by atoms with Crippen LogP contribution in [0.3, 0.4) is 0 Å². The van der Waals surface area contributed by atoms with Crippen LogP contribution in [0.15, 0.2) is 39.5 Å². The van der Waals surface area contributed by atoms with Gasteiger partial charge in [-0.15, -0.1) is 0 Å². The largest absolute Gasteiger partial charge is 0.480 e. The summed E-state index contributed by atoms with van der Waals surface area (Å²) in [6.07, 6.45) is 0. The molecule has 0 bridgehead atoms. The molecule has 1 aromatic carbocycles. The Hall–Kier alpha value is -2.14. The van der Waals surface area contributed by atoms with E-state index in [1.54, 1.807) is 24.3 Å². The van der Waals surface area contributed by atoms with E-state index in [2.05, 4.69) is 0 Å². The average Bonchev–Trinajstić information content (AvgIpc) is 2.28. The van der Waals surface area contributed by atoms with Crippen molar-refractivity contribution in [2.45, 2.75) is 6.04 Å². The SMILES string of the molecule is NC(C(=O)O)c1cc(=O)c2ccccc2o1. The van der Waals surface area contributed by atoms with E-state index in [1.807, 2.05) is 0 Å². The van der Waals surface area contributed by atoms with Crippen LogP contribution in [0, 0.1) is 0 Å². The van der Waals surface area contributed by atoms with Crippen molar-refractivity contribution < 1.29 is 14.3 Å². The molecule has 0 fully saturated rings. The summed E-state index contributed by atoms with van der Waals surface area (Å²) in [5, 5.41) is 9.12. The maximum absolute atomic E-state index is 11.6. The van der Waals surface area contributed by atoms with Crippen molar-refractivity contribution in [1.82, 2.24) is 0 Å². The standard InChI is InChI=1S/C11H9NO4/c12-10(11(14)15)9-5-7(13)6-3-1-2-4-8(6)16-9/h1-5,10H,12H2,(H,14,15). The minimum atomic E-state index is -1.32. The fourth-order valence-corrected chi connectivity index (χ4v) is 1.40. The lowest BCUT2D eigenvalue weighted by Gasteiger charge is -2.06. The summed E-state index contributed by atoms with van der Waals surface area (Å²) >= 11 is 0. The first-order chi connectivity index (χ1) is 7.59. The molecule has 1 atom stereocenters. The van der Waals surface area contributed by atoms with Gasteiger partial charge in [0.1, 0.15) is 11.3 Å². The Morgan fingerprint density at radius 2 is 2.06 bits per heavy atom. The van der Waals surface area contributed by atoms with Gasteiger partial charge in [-0.1, -0.05) is 12.1 Å². The van der Waals surface area contributed by atoms with E-state index >= 15 is 0 Å². The Morgan fingerprint density at radius 3 is 2.75 bits per heavy atom. The molecule has 16 heavy (non-hydrogen) atoms. The first-order valence-corrected chi connectivity index (χ1v) is 4.61. The molecule has 0 aliphatic carbocycles. The number of nitrogens with two attached hydrogens (primary N) is 1. The molecule has 2 rings (SSSR count). The minimum absolute atomic E-state index is 0.0452. The number of benzene rings is 1. The number of para-hydroxylation sites is 1. The van der Waals surface area contributed by atoms with Gasteiger partial charge in [0.2, 0.25) is 0 Å². The Balaban J connectivity index is 2.67. The van der Waals surface area contributed by atoms with Crippen molar-refractivity contribution >= 4 is 16.9 Å². The lowest BCUT2D eigenvalue weighted by Crippen LogP contribution is -2.22. The van der Waals surface area contributed by atoms with Crippen LogP contribution in [0.2, 0.25) is 0 Å². The van der Waals surface area contributed by atoms with Crippen LogP contribution in [0.25, 0.3) is 11.0 Å². The highest BCUT2D eigenvalue weighted by molar-refractivity contribution is 5.78. The maximum atomic E-state index is 11.6. The van der Waals surface area contributed by atoms with Crippen molar-refractivity contribution in [3.8, 4) is 0 Å². The van der Waals surface area contributed by atoms with Gasteiger partial charge in [0, 0.05) is 6.07 Å². The number of carboxylic acid groups (broad SMARTS) is 1. The second-order valence-electron chi connectivity index (χ2n) is 3.33. The average molecular weight is 219 g/mol. The van der Waals surface area contributed by atoms with E-state index < -0.39 is 12.0 Å². The van der Waals surface area contributed by atoms with Gasteiger partial charge in [-0.2, -0.15) is 0 Å². The minimum Gasteiger partial charge on any atom is -0.480 e. The summed E-state index contributed by atoms with van der Waals surface area (Å²) in [5.41, 5.74) is 5.40. The third-order valence-corrected chi connectivity index (χ3v) is 2.23. The van der Waals surface area contributed by atoms with Gasteiger partial charge in [0.05, 0.1) is 5.39 Å². The van der Waals surface area contributed by atoms with Crippen LogP contribution in [0.5, 0.6) is 0 Å². The Labute approximate surface area is 90.1 Å². The van der Waals surface area contributed by atoms with E-state index in [-0.39, 0.29) is 11.2 Å². The van der Waals surface area contributed by atoms with Gasteiger partial charge in [-0.25, -0.2) is 0 Å². The van der Waals surface area contributed by atoms with Crippen molar-refractivity contribution in [1.29, 1.82) is 0 Å². The summed E-state index contributed by atoms with van der Waals surface area (Å²) in [5.74, 6) is -1.28. The molecule has 0 spiro atoms. The van der Waals surface area contributed by atoms with Crippen molar-refractivity contribution in [2.75, 3.05) is 0 Å². The third-order valence-electron chi connectivity index (χ3n) is 2.23. The number of carbonyl (C=O) groups is 1. The van der Waals surface area contributed by atoms with E-state index in [1.165, 1.54) is 0 Å². The van der Waals surface area contributed by atoms with Crippen LogP contribution in [0.4, 0.5) is 0 Å². The van der Waals surface area contributed by atoms with Crippen LogP contribution >= 0.6 is 0 Å². The zero-order valence-electron chi connectivity index (χ0n) is 8.21. The quantitative estimate of drug-likeness (QED) is 0.781. The summed E-state index contributed by atoms with van der Waals surface area (Å²) in [6, 6.07) is 6.39. The molecule has 5 nitrogen and oxygen atoms in total. The fraction of sp³-hybridized carbons (Fsp3) is 0.0909. The lowest BCUT2D eigenvalue weighted by molar-refractivity contribution is -0.139. The summed E-state index contributed by atoms with van der Waals surface area (Å²) < 4.78 is 5.26. The number of rotatable bonds is 2. The predicted molar refractivity (Wildman–Crippen MR) is 57.0 cm³/mol. The molecular formula is C11H9NO4. The van der Waals surface area contributed by atoms with Gasteiger partial charge >= 0.3 is 5.97 Å². The second kappa shape index (κ2) is 3.79. The van der Waals surface area contributed by atoms with E-state index in [0.29, 0.717) is 11.0 Å². The summed E-state index contributed by atoms with van der Waals surface area (Å²) in [6.45, 7) is 0. The zero-order chi connectivity index (χ0) is 11.7. The highest BCUT2D eigenvalue weighted by atomic mass is 16.4. The number of aliphatic carboxylic acids is 1. The van der Waals surface area contributed by atoms with E-state index in [0.717, 1.165) is 6.07 Å². The van der Waals surface area contributed by atoms with Crippen LogP contribution < -0.4 is 11.2 Å². The zero-order valence-corrected chi connectivity index (χ0v) is 8.21. The number of carboxylic acids is 1. The molecule has 2 aromatic rings. The van der Waals surface area contributed by atoms with E-state index in [4.69, 9.17) is 15.3 Å². The molecule has 0 radical (unpaired) electrons. The molecule has 1 aromatic heterocycles. The maximum Gasteiger partial charge on any atom is 0.328 e. The second-order valence-corrected chi connectivity index (χ2v) is 3.33. The molecule has 0 aliphatic rings. The monoisotopic (exact) mass is 219 g/mol. The molecule has 3 N–H and O–H groups in total. The Morgan fingerprint density at radius 1 is 1.38 bits per heavy atom. The van der Waals surface area contributed by atoms with Crippen LogP contribution in [0.1, 0.15) is 11.8 Å². The molecule has 1 unspecified atom stereocenters. The third kappa shape index (κ3) is 1.68. The van der Waals surface area contributed by atoms with Gasteiger partial charge in [0.25, 0.3) is 0 Å². The predicted octanol–water partition coefficient (Wildman–Crippen LogP) is 0.877. The molecule has 1 heterocycles. The fourth-order valence-electron chi connectivity index (χ4n) is 1.40. The van der Waals surface area contributed by atoms with Crippen molar-refractivity contribution in [2.24, 2.45) is 5.73 Å². The molecule has 0 amide bonds. The van der Waals surface area contributed by atoms with Gasteiger partial charge in [-0.3, -0.25) is 9.59 Å². The Kier molecular flexibility index (Phi) is 2.46. The van der Waals surface area contributed by atoms with E-state index in [9.17, 15) is 9.59 Å². The molecule has 0 saturated carbocycles. The summed E-state index contributed by atoms with van der Waals surface area (Å²) in [4.78, 5) is 22.3. The first-order valence-electron chi connectivity index (χ1n) is 4.61. The normalized spacial score (nSPS) is 12.6. The molecule has 82 valence electrons. The molecule has 0 aliphatic heterocycles. The van der Waals surface area contributed by atoms with Gasteiger partial charge in [-0.05, 0) is 12.1 Å². The first kappa shape index (κ1) is 10.4. The van der Waals surface area contributed by atoms with Crippen molar-refractivity contribution in [3.63, 3.8) is 0 Å². The highest BCUT2D eigenvalue weighted by Gasteiger charge is 2.18. The van der Waals surface area contributed by atoms with Crippen molar-refractivity contribution in [3.05, 3.63) is 46.3 Å². The number of hydrogen-bond donors (Lipinski definition) is 2. The van der Waals surface area contributed by atoms with Crippen LogP contribution in [-0.4, -0.2) is 11.1 Å². The van der Waals surface area contributed by atoms with Crippen LogP contribution in [-0.2, 0) is 4.79 Å². The smallest absolute Gasteiger partial charge is 0.328 e. The number of fused-ring (bicyclic) bond motifs is 1. The molecular weight excluding hydrogens is 210 g/mol. The summed E-state index contributed by atoms with van der Waals surface area (Å²) in [7, 11) is 0. The highest BCUT2D eigenvalue weighted by Crippen LogP contribution is 2.15.